The molecule has 2 fully saturated rings. The van der Waals surface area contributed by atoms with Crippen LogP contribution in [0.4, 0.5) is 0 Å². The Morgan fingerprint density at radius 3 is 2.78 bits per heavy atom. The van der Waals surface area contributed by atoms with Crippen molar-refractivity contribution >= 4 is 0 Å². The highest BCUT2D eigenvalue weighted by Gasteiger charge is 2.41. The second kappa shape index (κ2) is 5.89. The second-order valence-corrected chi connectivity index (χ2v) is 6.98. The molecule has 2 rings (SSSR count). The van der Waals surface area contributed by atoms with Crippen LogP contribution in [-0.4, -0.2) is 49.3 Å². The molecule has 18 heavy (non-hydrogen) atoms. The van der Waals surface area contributed by atoms with E-state index in [-0.39, 0.29) is 0 Å². The number of aliphatic hydroxyl groups excluding tert-OH is 1. The first-order valence-corrected chi connectivity index (χ1v) is 7.57. The van der Waals surface area contributed by atoms with E-state index in [9.17, 15) is 0 Å². The molecule has 1 aliphatic heterocycles. The summed E-state index contributed by atoms with van der Waals surface area (Å²) in [5.41, 5.74) is 0.448. The van der Waals surface area contributed by atoms with Gasteiger partial charge in [-0.3, -0.25) is 0 Å². The Morgan fingerprint density at radius 2 is 2.11 bits per heavy atom. The van der Waals surface area contributed by atoms with Gasteiger partial charge < -0.3 is 15.3 Å². The van der Waals surface area contributed by atoms with Crippen LogP contribution in [0.3, 0.4) is 0 Å². The lowest BCUT2D eigenvalue weighted by atomic mass is 9.85. The van der Waals surface area contributed by atoms with Gasteiger partial charge in [0.05, 0.1) is 0 Å². The van der Waals surface area contributed by atoms with E-state index in [0.717, 1.165) is 18.3 Å². The fraction of sp³-hybridized carbons (Fsp3) is 1.00. The Morgan fingerprint density at radius 1 is 1.33 bits per heavy atom. The van der Waals surface area contributed by atoms with Crippen molar-refractivity contribution in [3.63, 3.8) is 0 Å². The second-order valence-electron chi connectivity index (χ2n) is 6.98. The van der Waals surface area contributed by atoms with Crippen LogP contribution in [0.2, 0.25) is 0 Å². The predicted molar refractivity (Wildman–Crippen MR) is 75.6 cm³/mol. The van der Waals surface area contributed by atoms with E-state index in [1.54, 1.807) is 0 Å². The molecule has 3 atom stereocenters. The quantitative estimate of drug-likeness (QED) is 0.784. The monoisotopic (exact) mass is 254 g/mol. The normalized spacial score (nSPS) is 36.3. The molecule has 1 aliphatic carbocycles. The van der Waals surface area contributed by atoms with Gasteiger partial charge in [0.25, 0.3) is 0 Å². The third-order valence-electron chi connectivity index (χ3n) is 5.18. The van der Waals surface area contributed by atoms with E-state index >= 15 is 0 Å². The number of aliphatic hydroxyl groups is 1. The van der Waals surface area contributed by atoms with Crippen molar-refractivity contribution < 1.29 is 5.11 Å². The maximum Gasteiger partial charge on any atom is 0.0434 e. The predicted octanol–water partition coefficient (Wildman–Crippen LogP) is 1.71. The summed E-state index contributed by atoms with van der Waals surface area (Å²) in [7, 11) is 2.11. The number of rotatable bonds is 5. The van der Waals surface area contributed by atoms with Crippen LogP contribution in [0, 0.1) is 17.3 Å². The summed E-state index contributed by atoms with van der Waals surface area (Å²) in [5.74, 6) is 1.54. The molecule has 3 heteroatoms. The molecule has 0 amide bonds. The Bertz CT molecular complexity index is 267. The standard InChI is InChI=1S/C15H30N2O/c1-15(2)7-4-13(14(15)16-3)11-17-8-5-12(10-17)6-9-18/h12-14,16,18H,4-11H2,1-3H3. The van der Waals surface area contributed by atoms with Crippen LogP contribution in [-0.2, 0) is 0 Å². The molecule has 0 radical (unpaired) electrons. The molecule has 2 N–H and O–H groups in total. The molecule has 0 aromatic rings. The molecule has 106 valence electrons. The molecule has 3 unspecified atom stereocenters. The third-order valence-corrected chi connectivity index (χ3v) is 5.18. The Balaban J connectivity index is 1.84. The molecule has 0 bridgehead atoms. The van der Waals surface area contributed by atoms with Gasteiger partial charge in [0, 0.05) is 25.7 Å². The van der Waals surface area contributed by atoms with Crippen LogP contribution in [0.15, 0.2) is 0 Å². The van der Waals surface area contributed by atoms with Crippen molar-refractivity contribution in [2.75, 3.05) is 33.3 Å². The van der Waals surface area contributed by atoms with Crippen LogP contribution in [0.1, 0.15) is 39.5 Å². The van der Waals surface area contributed by atoms with E-state index < -0.39 is 0 Å². The number of hydrogen-bond acceptors (Lipinski definition) is 3. The van der Waals surface area contributed by atoms with Crippen molar-refractivity contribution in [2.24, 2.45) is 17.3 Å². The fourth-order valence-corrected chi connectivity index (χ4v) is 4.17. The van der Waals surface area contributed by atoms with Gasteiger partial charge in [-0.2, -0.15) is 0 Å². The topological polar surface area (TPSA) is 35.5 Å². The van der Waals surface area contributed by atoms with Gasteiger partial charge in [-0.05, 0) is 56.5 Å². The maximum atomic E-state index is 9.02. The third kappa shape index (κ3) is 3.06. The Hall–Kier alpha value is -0.120. The summed E-state index contributed by atoms with van der Waals surface area (Å²) in [4.78, 5) is 2.62. The highest BCUT2D eigenvalue weighted by atomic mass is 16.3. The number of nitrogens with one attached hydrogen (secondary N) is 1. The lowest BCUT2D eigenvalue weighted by Gasteiger charge is -2.32. The van der Waals surface area contributed by atoms with E-state index in [1.165, 1.54) is 38.9 Å². The fourth-order valence-electron chi connectivity index (χ4n) is 4.17. The zero-order chi connectivity index (χ0) is 13.2. The van der Waals surface area contributed by atoms with E-state index in [2.05, 4.69) is 31.1 Å². The zero-order valence-corrected chi connectivity index (χ0v) is 12.3. The van der Waals surface area contributed by atoms with E-state index in [0.29, 0.717) is 18.1 Å². The van der Waals surface area contributed by atoms with Gasteiger partial charge in [0.15, 0.2) is 0 Å². The summed E-state index contributed by atoms with van der Waals surface area (Å²) in [5, 5.41) is 12.6. The van der Waals surface area contributed by atoms with E-state index in [4.69, 9.17) is 5.11 Å². The van der Waals surface area contributed by atoms with Gasteiger partial charge in [-0.15, -0.1) is 0 Å². The minimum Gasteiger partial charge on any atom is -0.396 e. The molecular weight excluding hydrogens is 224 g/mol. The zero-order valence-electron chi connectivity index (χ0n) is 12.3. The molecule has 0 aromatic heterocycles. The maximum absolute atomic E-state index is 9.02. The lowest BCUT2D eigenvalue weighted by molar-refractivity contribution is 0.202. The first-order chi connectivity index (χ1) is 8.56. The van der Waals surface area contributed by atoms with Crippen LogP contribution >= 0.6 is 0 Å². The molecule has 1 heterocycles. The van der Waals surface area contributed by atoms with Gasteiger partial charge in [-0.1, -0.05) is 13.8 Å². The molecule has 3 nitrogen and oxygen atoms in total. The van der Waals surface area contributed by atoms with Crippen LogP contribution in [0.5, 0.6) is 0 Å². The average molecular weight is 254 g/mol. The van der Waals surface area contributed by atoms with Gasteiger partial charge >= 0.3 is 0 Å². The average Bonchev–Trinajstić information content (AvgIpc) is 2.85. The Labute approximate surface area is 112 Å². The Kier molecular flexibility index (Phi) is 4.68. The minimum absolute atomic E-state index is 0.355. The number of hydrogen-bond donors (Lipinski definition) is 2. The number of nitrogens with zero attached hydrogens (tertiary/aromatic N) is 1. The summed E-state index contributed by atoms with van der Waals surface area (Å²) < 4.78 is 0. The molecule has 0 spiro atoms. The smallest absolute Gasteiger partial charge is 0.0434 e. The first-order valence-electron chi connectivity index (χ1n) is 7.57. The summed E-state index contributed by atoms with van der Waals surface area (Å²) in [6.45, 7) is 8.83. The highest BCUT2D eigenvalue weighted by molar-refractivity contribution is 4.97. The van der Waals surface area contributed by atoms with Crippen LogP contribution < -0.4 is 5.32 Å². The SMILES string of the molecule is CNC1C(CN2CCC(CCO)C2)CCC1(C)C. The first kappa shape index (κ1) is 14.3. The van der Waals surface area contributed by atoms with Crippen molar-refractivity contribution in [3.8, 4) is 0 Å². The molecular formula is C15H30N2O. The lowest BCUT2D eigenvalue weighted by Crippen LogP contribution is -2.43. The minimum atomic E-state index is 0.355. The van der Waals surface area contributed by atoms with Crippen molar-refractivity contribution in [2.45, 2.75) is 45.6 Å². The summed E-state index contributed by atoms with van der Waals surface area (Å²) in [6, 6.07) is 0.661. The summed E-state index contributed by atoms with van der Waals surface area (Å²) in [6.07, 6.45) is 4.97. The number of likely N-dealkylation sites (tertiary alicyclic amines) is 1. The molecule has 1 saturated carbocycles. The van der Waals surface area contributed by atoms with Crippen LogP contribution in [0.25, 0.3) is 0 Å². The molecule has 1 saturated heterocycles. The van der Waals surface area contributed by atoms with Crippen molar-refractivity contribution in [1.82, 2.24) is 10.2 Å². The van der Waals surface area contributed by atoms with Crippen molar-refractivity contribution in [3.05, 3.63) is 0 Å². The molecule has 2 aliphatic rings. The van der Waals surface area contributed by atoms with E-state index in [1.807, 2.05) is 0 Å². The summed E-state index contributed by atoms with van der Waals surface area (Å²) >= 11 is 0. The van der Waals surface area contributed by atoms with Gasteiger partial charge in [-0.25, -0.2) is 0 Å². The molecule has 0 aromatic carbocycles. The van der Waals surface area contributed by atoms with Gasteiger partial charge in [0.1, 0.15) is 0 Å². The van der Waals surface area contributed by atoms with Gasteiger partial charge in [0.2, 0.25) is 0 Å². The highest BCUT2D eigenvalue weighted by Crippen LogP contribution is 2.41. The largest absolute Gasteiger partial charge is 0.396 e. The van der Waals surface area contributed by atoms with Crippen molar-refractivity contribution in [1.29, 1.82) is 0 Å².